The van der Waals surface area contributed by atoms with E-state index in [1.807, 2.05) is 42.8 Å². The molecule has 0 spiro atoms. The van der Waals surface area contributed by atoms with Gasteiger partial charge in [0.1, 0.15) is 24.2 Å². The Hall–Kier alpha value is -3.69. The van der Waals surface area contributed by atoms with Gasteiger partial charge >= 0.3 is 5.69 Å². The third-order valence-corrected chi connectivity index (χ3v) is 4.67. The molecular weight excluding hydrogens is 376 g/mol. The van der Waals surface area contributed by atoms with Crippen molar-refractivity contribution >= 4 is 17.3 Å². The summed E-state index contributed by atoms with van der Waals surface area (Å²) in [6.45, 7) is 5.84. The fraction of sp³-hybridized carbons (Fsp3) is 0.316. The third-order valence-electron chi connectivity index (χ3n) is 4.67. The Morgan fingerprint density at radius 2 is 2.14 bits per heavy atom. The number of methoxy groups -OCH3 is 1. The number of rotatable bonds is 7. The lowest BCUT2D eigenvalue weighted by molar-refractivity contribution is -0.385. The van der Waals surface area contributed by atoms with Gasteiger partial charge in [-0.05, 0) is 38.5 Å². The summed E-state index contributed by atoms with van der Waals surface area (Å²) in [5, 5.41) is 22.1. The first kappa shape index (κ1) is 20.1. The lowest BCUT2D eigenvalue weighted by Gasteiger charge is -2.13. The van der Waals surface area contributed by atoms with E-state index >= 15 is 0 Å². The van der Waals surface area contributed by atoms with Crippen LogP contribution in [0.15, 0.2) is 36.7 Å². The van der Waals surface area contributed by atoms with Crippen LogP contribution >= 0.6 is 0 Å². The largest absolute Gasteiger partial charge is 0.497 e. The van der Waals surface area contributed by atoms with Gasteiger partial charge < -0.3 is 10.1 Å². The lowest BCUT2D eigenvalue weighted by atomic mass is 10.2. The summed E-state index contributed by atoms with van der Waals surface area (Å²) >= 11 is 0. The van der Waals surface area contributed by atoms with E-state index in [4.69, 9.17) is 4.74 Å². The van der Waals surface area contributed by atoms with Crippen LogP contribution in [0.2, 0.25) is 0 Å². The number of carbonyl (C=O) groups excluding carboxylic acids is 1. The zero-order valence-electron chi connectivity index (χ0n) is 16.6. The van der Waals surface area contributed by atoms with E-state index in [1.165, 1.54) is 10.9 Å². The Bertz CT molecular complexity index is 1050. The second kappa shape index (κ2) is 8.13. The Morgan fingerprint density at radius 3 is 2.79 bits per heavy atom. The molecule has 1 aromatic carbocycles. The number of nitrogens with one attached hydrogen (secondary N) is 1. The Morgan fingerprint density at radius 1 is 1.38 bits per heavy atom. The second-order valence-corrected chi connectivity index (χ2v) is 6.66. The normalized spacial score (nSPS) is 11.9. The SMILES string of the molecule is COc1cccc(Cn2nc(C)c(NC(=O)C(C)n3cc([N+](=O)[O-])cn3)c2C)c1. The molecule has 152 valence electrons. The van der Waals surface area contributed by atoms with Crippen molar-refractivity contribution in [2.45, 2.75) is 33.4 Å². The highest BCUT2D eigenvalue weighted by atomic mass is 16.6. The molecule has 0 aliphatic heterocycles. The lowest BCUT2D eigenvalue weighted by Crippen LogP contribution is -2.24. The van der Waals surface area contributed by atoms with Crippen molar-refractivity contribution in [2.75, 3.05) is 12.4 Å². The van der Waals surface area contributed by atoms with Crippen LogP contribution in [0.3, 0.4) is 0 Å². The molecule has 1 atom stereocenters. The minimum absolute atomic E-state index is 0.164. The van der Waals surface area contributed by atoms with Gasteiger partial charge in [0.25, 0.3) is 0 Å². The van der Waals surface area contributed by atoms with Gasteiger partial charge in [0.05, 0.1) is 35.7 Å². The molecule has 3 rings (SSSR count). The zero-order valence-corrected chi connectivity index (χ0v) is 16.6. The highest BCUT2D eigenvalue weighted by molar-refractivity contribution is 5.94. The molecule has 0 radical (unpaired) electrons. The van der Waals surface area contributed by atoms with Crippen LogP contribution in [0.1, 0.15) is 29.9 Å². The number of nitro groups is 1. The molecule has 0 aliphatic carbocycles. The third kappa shape index (κ3) is 4.26. The van der Waals surface area contributed by atoms with E-state index in [0.29, 0.717) is 17.9 Å². The molecule has 1 amide bonds. The first-order valence-corrected chi connectivity index (χ1v) is 8.96. The Balaban J connectivity index is 1.76. The van der Waals surface area contributed by atoms with Crippen molar-refractivity contribution in [3.8, 4) is 5.75 Å². The Labute approximate surface area is 167 Å². The number of ether oxygens (including phenoxy) is 1. The molecule has 0 saturated carbocycles. The monoisotopic (exact) mass is 398 g/mol. The number of carbonyl (C=O) groups is 1. The van der Waals surface area contributed by atoms with Gasteiger partial charge in [-0.25, -0.2) is 0 Å². The summed E-state index contributed by atoms with van der Waals surface area (Å²) in [5.74, 6) is 0.426. The van der Waals surface area contributed by atoms with Gasteiger partial charge in [-0.15, -0.1) is 0 Å². The quantitative estimate of drug-likeness (QED) is 0.483. The van der Waals surface area contributed by atoms with Crippen molar-refractivity contribution in [1.29, 1.82) is 0 Å². The molecule has 1 N–H and O–H groups in total. The predicted molar refractivity (Wildman–Crippen MR) is 106 cm³/mol. The number of nitrogens with zero attached hydrogens (tertiary/aromatic N) is 5. The zero-order chi connectivity index (χ0) is 21.1. The van der Waals surface area contributed by atoms with Crippen molar-refractivity contribution in [1.82, 2.24) is 19.6 Å². The molecule has 10 heteroatoms. The minimum atomic E-state index is -0.718. The highest BCUT2D eigenvalue weighted by Gasteiger charge is 2.22. The number of amides is 1. The molecule has 0 fully saturated rings. The molecule has 3 aromatic rings. The van der Waals surface area contributed by atoms with Gasteiger partial charge in [0, 0.05) is 0 Å². The number of hydrogen-bond acceptors (Lipinski definition) is 6. The van der Waals surface area contributed by atoms with Crippen LogP contribution in [0.25, 0.3) is 0 Å². The highest BCUT2D eigenvalue weighted by Crippen LogP contribution is 2.23. The van der Waals surface area contributed by atoms with Crippen molar-refractivity contribution in [2.24, 2.45) is 0 Å². The molecular formula is C19H22N6O4. The molecule has 29 heavy (non-hydrogen) atoms. The van der Waals surface area contributed by atoms with Gasteiger partial charge in [0.2, 0.25) is 5.91 Å². The van der Waals surface area contributed by atoms with Crippen LogP contribution in [0.5, 0.6) is 5.75 Å². The Kier molecular flexibility index (Phi) is 5.62. The van der Waals surface area contributed by atoms with Crippen LogP contribution in [-0.2, 0) is 11.3 Å². The van der Waals surface area contributed by atoms with Crippen LogP contribution in [0, 0.1) is 24.0 Å². The summed E-state index contributed by atoms with van der Waals surface area (Å²) in [6.07, 6.45) is 2.35. The standard InChI is InChI=1S/C19H22N6O4/c1-12-18(21-19(26)14(3)23-11-16(9-20-23)25(27)28)13(2)24(22-12)10-15-6-5-7-17(8-15)29-4/h5-9,11,14H,10H2,1-4H3,(H,21,26). The smallest absolute Gasteiger partial charge is 0.307 e. The summed E-state index contributed by atoms with van der Waals surface area (Å²) in [6, 6.07) is 6.97. The molecule has 2 heterocycles. The molecule has 10 nitrogen and oxygen atoms in total. The number of aryl methyl sites for hydroxylation is 1. The van der Waals surface area contributed by atoms with E-state index in [-0.39, 0.29) is 11.6 Å². The first-order chi connectivity index (χ1) is 13.8. The molecule has 1 unspecified atom stereocenters. The predicted octanol–water partition coefficient (Wildman–Crippen LogP) is 2.86. The van der Waals surface area contributed by atoms with E-state index in [9.17, 15) is 14.9 Å². The maximum Gasteiger partial charge on any atom is 0.307 e. The number of hydrogen-bond donors (Lipinski definition) is 1. The van der Waals surface area contributed by atoms with Crippen LogP contribution in [-0.4, -0.2) is 37.5 Å². The topological polar surface area (TPSA) is 117 Å². The van der Waals surface area contributed by atoms with Gasteiger partial charge in [-0.3, -0.25) is 24.3 Å². The first-order valence-electron chi connectivity index (χ1n) is 8.96. The molecule has 0 aliphatic rings. The summed E-state index contributed by atoms with van der Waals surface area (Å²) < 4.78 is 8.32. The number of benzene rings is 1. The van der Waals surface area contributed by atoms with E-state index in [2.05, 4.69) is 15.5 Å². The van der Waals surface area contributed by atoms with Gasteiger partial charge in [-0.1, -0.05) is 12.1 Å². The second-order valence-electron chi connectivity index (χ2n) is 6.66. The summed E-state index contributed by atoms with van der Waals surface area (Å²) in [7, 11) is 1.62. The molecule has 0 saturated heterocycles. The van der Waals surface area contributed by atoms with Crippen molar-refractivity contribution < 1.29 is 14.5 Å². The maximum atomic E-state index is 12.7. The summed E-state index contributed by atoms with van der Waals surface area (Å²) in [4.78, 5) is 22.9. The molecule has 2 aromatic heterocycles. The van der Waals surface area contributed by atoms with E-state index in [0.717, 1.165) is 23.2 Å². The van der Waals surface area contributed by atoms with E-state index < -0.39 is 11.0 Å². The van der Waals surface area contributed by atoms with Gasteiger partial charge in [-0.2, -0.15) is 10.2 Å². The summed E-state index contributed by atoms with van der Waals surface area (Å²) in [5.41, 5.74) is 2.95. The average Bonchev–Trinajstić information content (AvgIpc) is 3.29. The number of anilines is 1. The van der Waals surface area contributed by atoms with Crippen molar-refractivity contribution in [3.05, 3.63) is 63.7 Å². The minimum Gasteiger partial charge on any atom is -0.497 e. The van der Waals surface area contributed by atoms with Crippen LogP contribution in [0.4, 0.5) is 11.4 Å². The average molecular weight is 398 g/mol. The molecule has 0 bridgehead atoms. The van der Waals surface area contributed by atoms with Crippen molar-refractivity contribution in [3.63, 3.8) is 0 Å². The van der Waals surface area contributed by atoms with Crippen LogP contribution < -0.4 is 10.1 Å². The van der Waals surface area contributed by atoms with E-state index in [1.54, 1.807) is 14.0 Å². The fourth-order valence-electron chi connectivity index (χ4n) is 2.96. The number of aromatic nitrogens is 4. The van der Waals surface area contributed by atoms with Gasteiger partial charge in [0.15, 0.2) is 0 Å². The maximum absolute atomic E-state index is 12.7. The fourth-order valence-corrected chi connectivity index (χ4v) is 2.96.